The average molecular weight is 330 g/mol. The van der Waals surface area contributed by atoms with Crippen LogP contribution < -0.4 is 10.6 Å². The lowest BCUT2D eigenvalue weighted by molar-refractivity contribution is -0.133. The first-order valence-corrected chi connectivity index (χ1v) is 8.13. The molecular weight excluding hydrogens is 310 g/mol. The molecule has 5 heteroatoms. The lowest BCUT2D eigenvalue weighted by Crippen LogP contribution is -2.51. The maximum atomic E-state index is 12.6. The number of hydrogen-bond donors (Lipinski definition) is 1. The van der Waals surface area contributed by atoms with Gasteiger partial charge < -0.3 is 15.5 Å². The second-order valence-electron chi connectivity index (χ2n) is 5.68. The zero-order valence-corrected chi connectivity index (χ0v) is 13.6. The minimum Gasteiger partial charge on any atom is -0.368 e. The summed E-state index contributed by atoms with van der Waals surface area (Å²) >= 11 is 6.04. The van der Waals surface area contributed by atoms with E-state index in [1.165, 1.54) is 0 Å². The Hall–Kier alpha value is -2.04. The fourth-order valence-electron chi connectivity index (χ4n) is 2.86. The number of carbonyl (C=O) groups excluding carboxylic acids is 1. The monoisotopic (exact) mass is 329 g/mol. The standard InChI is InChI=1S/C18H20ClN3O/c19-15-7-4-8-16(13-15)21-9-11-22(12-10-21)18(23)17(20)14-5-2-1-3-6-14/h1-8,13,17H,9-12,20H2/t17-/m0/s1. The molecule has 1 aliphatic heterocycles. The van der Waals surface area contributed by atoms with Gasteiger partial charge in [-0.25, -0.2) is 0 Å². The first kappa shape index (κ1) is 15.8. The summed E-state index contributed by atoms with van der Waals surface area (Å²) in [5.74, 6) is -0.0121. The maximum Gasteiger partial charge on any atom is 0.244 e. The van der Waals surface area contributed by atoms with E-state index in [-0.39, 0.29) is 5.91 Å². The molecule has 0 unspecified atom stereocenters. The molecule has 1 heterocycles. The van der Waals surface area contributed by atoms with Gasteiger partial charge >= 0.3 is 0 Å². The maximum absolute atomic E-state index is 12.6. The molecule has 1 atom stereocenters. The molecule has 3 rings (SSSR count). The third-order valence-electron chi connectivity index (χ3n) is 4.19. The van der Waals surface area contributed by atoms with Gasteiger partial charge in [0, 0.05) is 36.9 Å². The zero-order valence-electron chi connectivity index (χ0n) is 12.9. The molecule has 2 aromatic carbocycles. The van der Waals surface area contributed by atoms with Crippen LogP contribution in [0.25, 0.3) is 0 Å². The number of rotatable bonds is 3. The molecule has 1 aliphatic rings. The van der Waals surface area contributed by atoms with Crippen molar-refractivity contribution in [3.63, 3.8) is 0 Å². The van der Waals surface area contributed by atoms with E-state index in [1.807, 2.05) is 59.5 Å². The Kier molecular flexibility index (Phi) is 4.84. The SMILES string of the molecule is N[C@H](C(=O)N1CCN(c2cccc(Cl)c2)CC1)c1ccccc1. The fourth-order valence-corrected chi connectivity index (χ4v) is 3.04. The topological polar surface area (TPSA) is 49.6 Å². The van der Waals surface area contributed by atoms with Crippen LogP contribution in [0.4, 0.5) is 5.69 Å². The highest BCUT2D eigenvalue weighted by Crippen LogP contribution is 2.21. The van der Waals surface area contributed by atoms with Crippen molar-refractivity contribution in [2.75, 3.05) is 31.1 Å². The fraction of sp³-hybridized carbons (Fsp3) is 0.278. The molecule has 0 bridgehead atoms. The minimum atomic E-state index is -0.589. The van der Waals surface area contributed by atoms with Gasteiger partial charge in [-0.05, 0) is 23.8 Å². The summed E-state index contributed by atoms with van der Waals surface area (Å²) < 4.78 is 0. The number of anilines is 1. The second kappa shape index (κ2) is 7.02. The van der Waals surface area contributed by atoms with Crippen LogP contribution in [0, 0.1) is 0 Å². The molecule has 0 radical (unpaired) electrons. The normalized spacial score (nSPS) is 16.3. The Labute approximate surface area is 141 Å². The first-order valence-electron chi connectivity index (χ1n) is 7.75. The van der Waals surface area contributed by atoms with Crippen LogP contribution in [0.1, 0.15) is 11.6 Å². The summed E-state index contributed by atoms with van der Waals surface area (Å²) in [4.78, 5) is 16.6. The molecule has 4 nitrogen and oxygen atoms in total. The van der Waals surface area contributed by atoms with Crippen molar-refractivity contribution in [1.29, 1.82) is 0 Å². The predicted octanol–water partition coefficient (Wildman–Crippen LogP) is 2.69. The van der Waals surface area contributed by atoms with Crippen LogP contribution in [0.5, 0.6) is 0 Å². The first-order chi connectivity index (χ1) is 11.1. The summed E-state index contributed by atoms with van der Waals surface area (Å²) in [5, 5.41) is 0.729. The number of nitrogens with zero attached hydrogens (tertiary/aromatic N) is 2. The van der Waals surface area contributed by atoms with Gasteiger partial charge in [0.1, 0.15) is 6.04 Å². The van der Waals surface area contributed by atoms with Gasteiger partial charge in [0.25, 0.3) is 0 Å². The van der Waals surface area contributed by atoms with E-state index >= 15 is 0 Å². The van der Waals surface area contributed by atoms with E-state index in [0.717, 1.165) is 29.4 Å². The number of halogens is 1. The summed E-state index contributed by atoms with van der Waals surface area (Å²) in [7, 11) is 0. The van der Waals surface area contributed by atoms with E-state index in [9.17, 15) is 4.79 Å². The third-order valence-corrected chi connectivity index (χ3v) is 4.42. The highest BCUT2D eigenvalue weighted by atomic mass is 35.5. The second-order valence-corrected chi connectivity index (χ2v) is 6.12. The van der Waals surface area contributed by atoms with Crippen molar-refractivity contribution in [1.82, 2.24) is 4.90 Å². The highest BCUT2D eigenvalue weighted by molar-refractivity contribution is 6.30. The molecule has 0 spiro atoms. The number of nitrogens with two attached hydrogens (primary N) is 1. The molecule has 1 amide bonds. The van der Waals surface area contributed by atoms with Crippen LogP contribution in [0.2, 0.25) is 5.02 Å². The molecule has 1 fully saturated rings. The predicted molar refractivity (Wildman–Crippen MR) is 93.6 cm³/mol. The van der Waals surface area contributed by atoms with Crippen LogP contribution in [0.3, 0.4) is 0 Å². The summed E-state index contributed by atoms with van der Waals surface area (Å²) in [6.45, 7) is 2.92. The van der Waals surface area contributed by atoms with Crippen molar-refractivity contribution >= 4 is 23.2 Å². The average Bonchev–Trinajstić information content (AvgIpc) is 2.61. The van der Waals surface area contributed by atoms with Gasteiger partial charge in [0.2, 0.25) is 5.91 Å². The quantitative estimate of drug-likeness (QED) is 0.942. The molecule has 2 N–H and O–H groups in total. The molecular formula is C18H20ClN3O. The van der Waals surface area contributed by atoms with Gasteiger partial charge in [0.15, 0.2) is 0 Å². The minimum absolute atomic E-state index is 0.0121. The van der Waals surface area contributed by atoms with Crippen molar-refractivity contribution < 1.29 is 4.79 Å². The van der Waals surface area contributed by atoms with Gasteiger partial charge in [-0.2, -0.15) is 0 Å². The van der Waals surface area contributed by atoms with E-state index in [2.05, 4.69) is 4.90 Å². The number of amides is 1. The van der Waals surface area contributed by atoms with Crippen molar-refractivity contribution in [2.45, 2.75) is 6.04 Å². The number of benzene rings is 2. The van der Waals surface area contributed by atoms with Gasteiger partial charge in [0.05, 0.1) is 0 Å². The summed E-state index contributed by atoms with van der Waals surface area (Å²) in [6.07, 6.45) is 0. The number of carbonyl (C=O) groups is 1. The van der Waals surface area contributed by atoms with E-state index in [0.29, 0.717) is 13.1 Å². The zero-order chi connectivity index (χ0) is 16.2. The Morgan fingerprint density at radius 2 is 1.70 bits per heavy atom. The summed E-state index contributed by atoms with van der Waals surface area (Å²) in [6, 6.07) is 16.7. The van der Waals surface area contributed by atoms with Gasteiger partial charge in [-0.3, -0.25) is 4.79 Å². The van der Waals surface area contributed by atoms with Crippen LogP contribution in [-0.2, 0) is 4.79 Å². The lowest BCUT2D eigenvalue weighted by atomic mass is 10.1. The van der Waals surface area contributed by atoms with Crippen LogP contribution in [0.15, 0.2) is 54.6 Å². The van der Waals surface area contributed by atoms with E-state index in [1.54, 1.807) is 0 Å². The molecule has 120 valence electrons. The van der Waals surface area contributed by atoms with Crippen molar-refractivity contribution in [2.24, 2.45) is 5.73 Å². The van der Waals surface area contributed by atoms with E-state index in [4.69, 9.17) is 17.3 Å². The Balaban J connectivity index is 1.61. The molecule has 0 saturated carbocycles. The van der Waals surface area contributed by atoms with Crippen molar-refractivity contribution in [3.05, 3.63) is 65.2 Å². The van der Waals surface area contributed by atoms with Crippen molar-refractivity contribution in [3.8, 4) is 0 Å². The largest absolute Gasteiger partial charge is 0.368 e. The number of piperazine rings is 1. The Morgan fingerprint density at radius 1 is 1.00 bits per heavy atom. The Morgan fingerprint density at radius 3 is 2.35 bits per heavy atom. The van der Waals surface area contributed by atoms with Gasteiger partial charge in [-0.15, -0.1) is 0 Å². The number of hydrogen-bond acceptors (Lipinski definition) is 3. The molecule has 2 aromatic rings. The Bertz CT molecular complexity index is 669. The van der Waals surface area contributed by atoms with Crippen LogP contribution >= 0.6 is 11.6 Å². The lowest BCUT2D eigenvalue weighted by Gasteiger charge is -2.37. The third kappa shape index (κ3) is 3.66. The van der Waals surface area contributed by atoms with Crippen LogP contribution in [-0.4, -0.2) is 37.0 Å². The molecule has 0 aliphatic carbocycles. The smallest absolute Gasteiger partial charge is 0.244 e. The molecule has 0 aromatic heterocycles. The highest BCUT2D eigenvalue weighted by Gasteiger charge is 2.26. The summed E-state index contributed by atoms with van der Waals surface area (Å²) in [5.41, 5.74) is 8.06. The van der Waals surface area contributed by atoms with Gasteiger partial charge in [-0.1, -0.05) is 48.0 Å². The van der Waals surface area contributed by atoms with E-state index < -0.39 is 6.04 Å². The molecule has 1 saturated heterocycles. The molecule has 23 heavy (non-hydrogen) atoms.